The number of rotatable bonds is 5. The first-order chi connectivity index (χ1) is 11.1. The van der Waals surface area contributed by atoms with Crippen molar-refractivity contribution < 1.29 is 19.1 Å². The van der Waals surface area contributed by atoms with Crippen LogP contribution in [-0.2, 0) is 0 Å². The van der Waals surface area contributed by atoms with Gasteiger partial charge in [0, 0.05) is 5.69 Å². The normalized spacial score (nSPS) is 9.78. The number of urea groups is 1. The van der Waals surface area contributed by atoms with Gasteiger partial charge in [-0.2, -0.15) is 0 Å². The van der Waals surface area contributed by atoms with Crippen molar-refractivity contribution in [2.45, 2.75) is 0 Å². The third kappa shape index (κ3) is 4.37. The van der Waals surface area contributed by atoms with Crippen LogP contribution in [0.1, 0.15) is 10.4 Å². The number of anilines is 1. The molecule has 0 bridgehead atoms. The number of carbonyl (C=O) groups is 2. The zero-order valence-electron chi connectivity index (χ0n) is 12.5. The predicted octanol–water partition coefficient (Wildman–Crippen LogP) is 1.75. The van der Waals surface area contributed by atoms with Gasteiger partial charge in [-0.3, -0.25) is 10.1 Å². The minimum Gasteiger partial charge on any atom is -0.493 e. The minimum absolute atomic E-state index is 0.121. The van der Waals surface area contributed by atoms with E-state index in [1.165, 1.54) is 13.2 Å². The third-order valence-electron chi connectivity index (χ3n) is 2.96. The van der Waals surface area contributed by atoms with Gasteiger partial charge in [-0.05, 0) is 24.3 Å². The number of hydrogen-bond acceptors (Lipinski definition) is 5. The standard InChI is InChI=1S/C16H17N3O4/c1-22-13-8-4-5-9-14(13)23-10-18-16(21)19-15(20)11-6-2-3-7-12(11)17/h2-9H,10,17H2,1H3,(H2,18,19,20,21). The van der Waals surface area contributed by atoms with E-state index in [9.17, 15) is 9.59 Å². The highest BCUT2D eigenvalue weighted by Crippen LogP contribution is 2.25. The summed E-state index contributed by atoms with van der Waals surface area (Å²) in [6.07, 6.45) is 0. The first-order valence-corrected chi connectivity index (χ1v) is 6.81. The average Bonchev–Trinajstić information content (AvgIpc) is 2.55. The van der Waals surface area contributed by atoms with Gasteiger partial charge in [-0.25, -0.2) is 4.79 Å². The fourth-order valence-corrected chi connectivity index (χ4v) is 1.84. The van der Waals surface area contributed by atoms with E-state index in [0.29, 0.717) is 17.2 Å². The molecule has 0 saturated carbocycles. The summed E-state index contributed by atoms with van der Waals surface area (Å²) >= 11 is 0. The van der Waals surface area contributed by atoms with Crippen molar-refractivity contribution in [3.05, 3.63) is 54.1 Å². The number of para-hydroxylation sites is 3. The molecular formula is C16H17N3O4. The molecule has 7 nitrogen and oxygen atoms in total. The SMILES string of the molecule is COc1ccccc1OCNC(=O)NC(=O)c1ccccc1N. The lowest BCUT2D eigenvalue weighted by Crippen LogP contribution is -2.41. The van der Waals surface area contributed by atoms with Gasteiger partial charge in [0.2, 0.25) is 0 Å². The van der Waals surface area contributed by atoms with Crippen LogP contribution in [0.3, 0.4) is 0 Å². The molecule has 0 atom stereocenters. The molecule has 0 aliphatic carbocycles. The molecule has 0 heterocycles. The fraction of sp³-hybridized carbons (Fsp3) is 0.125. The van der Waals surface area contributed by atoms with Gasteiger partial charge >= 0.3 is 6.03 Å². The van der Waals surface area contributed by atoms with Crippen LogP contribution in [0.25, 0.3) is 0 Å². The summed E-state index contributed by atoms with van der Waals surface area (Å²) in [5.74, 6) is 0.440. The number of methoxy groups -OCH3 is 1. The highest BCUT2D eigenvalue weighted by Gasteiger charge is 2.12. The zero-order valence-corrected chi connectivity index (χ0v) is 12.5. The van der Waals surface area contributed by atoms with Crippen molar-refractivity contribution >= 4 is 17.6 Å². The van der Waals surface area contributed by atoms with Gasteiger partial charge in [-0.15, -0.1) is 0 Å². The maximum absolute atomic E-state index is 11.9. The molecule has 7 heteroatoms. The Morgan fingerprint density at radius 3 is 2.39 bits per heavy atom. The fourth-order valence-electron chi connectivity index (χ4n) is 1.84. The molecule has 0 fully saturated rings. The number of amides is 3. The van der Waals surface area contributed by atoms with E-state index in [1.54, 1.807) is 42.5 Å². The molecule has 2 aromatic rings. The molecule has 120 valence electrons. The Bertz CT molecular complexity index is 703. The third-order valence-corrected chi connectivity index (χ3v) is 2.96. The summed E-state index contributed by atoms with van der Waals surface area (Å²) in [4.78, 5) is 23.6. The van der Waals surface area contributed by atoms with Crippen LogP contribution in [0.2, 0.25) is 0 Å². The second-order valence-corrected chi connectivity index (χ2v) is 4.49. The first-order valence-electron chi connectivity index (χ1n) is 6.81. The van der Waals surface area contributed by atoms with Crippen LogP contribution in [0.4, 0.5) is 10.5 Å². The van der Waals surface area contributed by atoms with E-state index in [1.807, 2.05) is 0 Å². The highest BCUT2D eigenvalue weighted by atomic mass is 16.5. The summed E-state index contributed by atoms with van der Waals surface area (Å²) in [6.45, 7) is -0.121. The van der Waals surface area contributed by atoms with Crippen molar-refractivity contribution in [3.63, 3.8) is 0 Å². The molecule has 0 aliphatic heterocycles. The molecule has 3 amide bonds. The zero-order chi connectivity index (χ0) is 16.7. The molecule has 0 aromatic heterocycles. The largest absolute Gasteiger partial charge is 0.493 e. The van der Waals surface area contributed by atoms with Crippen molar-refractivity contribution in [1.29, 1.82) is 0 Å². The Balaban J connectivity index is 1.84. The number of nitrogens with two attached hydrogens (primary N) is 1. The lowest BCUT2D eigenvalue weighted by molar-refractivity contribution is 0.0963. The predicted molar refractivity (Wildman–Crippen MR) is 85.3 cm³/mol. The molecule has 0 radical (unpaired) electrons. The van der Waals surface area contributed by atoms with E-state index in [-0.39, 0.29) is 12.3 Å². The Hall–Kier alpha value is -3.22. The number of carbonyl (C=O) groups excluding carboxylic acids is 2. The Labute approximate surface area is 133 Å². The number of imide groups is 1. The Kier molecular flexibility index (Phi) is 5.40. The summed E-state index contributed by atoms with van der Waals surface area (Å²) in [6, 6.07) is 12.8. The van der Waals surface area contributed by atoms with E-state index in [0.717, 1.165) is 0 Å². The molecule has 0 aliphatic rings. The molecule has 4 N–H and O–H groups in total. The smallest absolute Gasteiger partial charge is 0.324 e. The van der Waals surface area contributed by atoms with Crippen LogP contribution in [-0.4, -0.2) is 25.8 Å². The maximum atomic E-state index is 11.9. The second-order valence-electron chi connectivity index (χ2n) is 4.49. The van der Waals surface area contributed by atoms with Gasteiger partial charge in [0.05, 0.1) is 12.7 Å². The molecule has 2 aromatic carbocycles. The Morgan fingerprint density at radius 2 is 1.70 bits per heavy atom. The van der Waals surface area contributed by atoms with Crippen molar-refractivity contribution in [3.8, 4) is 11.5 Å². The second kappa shape index (κ2) is 7.69. The lowest BCUT2D eigenvalue weighted by atomic mass is 10.2. The first kappa shape index (κ1) is 16.2. The summed E-state index contributed by atoms with van der Waals surface area (Å²) in [5, 5.41) is 4.58. The van der Waals surface area contributed by atoms with E-state index >= 15 is 0 Å². The molecule has 2 rings (SSSR count). The number of nitrogen functional groups attached to an aromatic ring is 1. The maximum Gasteiger partial charge on any atom is 0.324 e. The van der Waals surface area contributed by atoms with E-state index < -0.39 is 11.9 Å². The van der Waals surface area contributed by atoms with E-state index in [4.69, 9.17) is 15.2 Å². The number of nitrogens with one attached hydrogen (secondary N) is 2. The van der Waals surface area contributed by atoms with E-state index in [2.05, 4.69) is 10.6 Å². The summed E-state index contributed by atoms with van der Waals surface area (Å²) in [7, 11) is 1.52. The van der Waals surface area contributed by atoms with Crippen LogP contribution < -0.4 is 25.8 Å². The molecule has 0 saturated heterocycles. The summed E-state index contributed by atoms with van der Waals surface area (Å²) in [5.41, 5.74) is 6.20. The highest BCUT2D eigenvalue weighted by molar-refractivity contribution is 6.07. The Morgan fingerprint density at radius 1 is 1.04 bits per heavy atom. The number of benzene rings is 2. The lowest BCUT2D eigenvalue weighted by Gasteiger charge is -2.11. The number of ether oxygens (including phenoxy) is 2. The summed E-state index contributed by atoms with van der Waals surface area (Å²) < 4.78 is 10.5. The van der Waals surface area contributed by atoms with Crippen LogP contribution >= 0.6 is 0 Å². The van der Waals surface area contributed by atoms with Crippen molar-refractivity contribution in [1.82, 2.24) is 10.6 Å². The minimum atomic E-state index is -0.687. The molecule has 0 spiro atoms. The quantitative estimate of drug-likeness (QED) is 0.576. The van der Waals surface area contributed by atoms with Crippen molar-refractivity contribution in [2.75, 3.05) is 19.6 Å². The molecule has 23 heavy (non-hydrogen) atoms. The van der Waals surface area contributed by atoms with Gasteiger partial charge in [0.1, 0.15) is 0 Å². The van der Waals surface area contributed by atoms with Gasteiger partial charge in [0.15, 0.2) is 18.2 Å². The topological polar surface area (TPSA) is 103 Å². The van der Waals surface area contributed by atoms with Gasteiger partial charge in [0.25, 0.3) is 5.91 Å². The van der Waals surface area contributed by atoms with Gasteiger partial charge < -0.3 is 20.5 Å². The number of hydrogen-bond donors (Lipinski definition) is 3. The molecule has 0 unspecified atom stereocenters. The van der Waals surface area contributed by atoms with Crippen LogP contribution in [0, 0.1) is 0 Å². The monoisotopic (exact) mass is 315 g/mol. The van der Waals surface area contributed by atoms with Crippen LogP contribution in [0.15, 0.2) is 48.5 Å². The van der Waals surface area contributed by atoms with Crippen LogP contribution in [0.5, 0.6) is 11.5 Å². The molecular weight excluding hydrogens is 298 g/mol. The van der Waals surface area contributed by atoms with Crippen molar-refractivity contribution in [2.24, 2.45) is 0 Å². The van der Waals surface area contributed by atoms with Gasteiger partial charge in [-0.1, -0.05) is 24.3 Å². The average molecular weight is 315 g/mol.